The number of hydrogen-bond acceptors (Lipinski definition) is 4. The first kappa shape index (κ1) is 10.7. The maximum absolute atomic E-state index is 4.48. The van der Waals surface area contributed by atoms with E-state index >= 15 is 0 Å². The molecule has 90 valence electrons. The molecular formula is C13H13N5. The van der Waals surface area contributed by atoms with Crippen molar-refractivity contribution in [1.29, 1.82) is 0 Å². The molecule has 0 aliphatic rings. The first-order chi connectivity index (χ1) is 8.78. The van der Waals surface area contributed by atoms with Gasteiger partial charge in [-0.25, -0.2) is 9.67 Å². The van der Waals surface area contributed by atoms with Gasteiger partial charge >= 0.3 is 0 Å². The third-order valence-corrected chi connectivity index (χ3v) is 2.74. The van der Waals surface area contributed by atoms with Crippen molar-refractivity contribution < 1.29 is 0 Å². The van der Waals surface area contributed by atoms with Crippen LogP contribution < -0.4 is 5.32 Å². The van der Waals surface area contributed by atoms with Crippen molar-refractivity contribution in [2.24, 2.45) is 0 Å². The van der Waals surface area contributed by atoms with E-state index in [0.29, 0.717) is 5.95 Å². The fraction of sp³-hybridized carbons (Fsp3) is 0.154. The van der Waals surface area contributed by atoms with Gasteiger partial charge in [0.15, 0.2) is 5.82 Å². The second-order valence-corrected chi connectivity index (χ2v) is 4.10. The average Bonchev–Trinajstić information content (AvgIpc) is 2.84. The number of nitrogens with one attached hydrogen (secondary N) is 1. The minimum absolute atomic E-state index is 0.594. The molecule has 0 unspecified atom stereocenters. The fourth-order valence-electron chi connectivity index (χ4n) is 1.87. The normalized spacial score (nSPS) is 10.8. The Morgan fingerprint density at radius 1 is 1.17 bits per heavy atom. The quantitative estimate of drug-likeness (QED) is 0.744. The number of aryl methyl sites for hydroxylation is 1. The first-order valence-corrected chi connectivity index (χ1v) is 5.74. The summed E-state index contributed by atoms with van der Waals surface area (Å²) in [5.41, 5.74) is 2.00. The highest BCUT2D eigenvalue weighted by molar-refractivity contribution is 5.86. The van der Waals surface area contributed by atoms with Crippen LogP contribution in [0, 0.1) is 6.92 Å². The van der Waals surface area contributed by atoms with Gasteiger partial charge in [-0.05, 0) is 24.6 Å². The lowest BCUT2D eigenvalue weighted by Crippen LogP contribution is -2.04. The summed E-state index contributed by atoms with van der Waals surface area (Å²) in [5, 5.41) is 8.27. The Hall–Kier alpha value is -2.43. The predicted molar refractivity (Wildman–Crippen MR) is 70.9 cm³/mol. The van der Waals surface area contributed by atoms with E-state index in [0.717, 1.165) is 22.3 Å². The summed E-state index contributed by atoms with van der Waals surface area (Å²) >= 11 is 0. The Bertz CT molecular complexity index is 701. The van der Waals surface area contributed by atoms with E-state index in [-0.39, 0.29) is 0 Å². The van der Waals surface area contributed by atoms with E-state index in [4.69, 9.17) is 0 Å². The van der Waals surface area contributed by atoms with Gasteiger partial charge in [0.1, 0.15) is 0 Å². The molecule has 0 bridgehead atoms. The van der Waals surface area contributed by atoms with Crippen LogP contribution in [-0.4, -0.2) is 26.8 Å². The van der Waals surface area contributed by atoms with E-state index in [1.807, 2.05) is 50.6 Å². The van der Waals surface area contributed by atoms with E-state index in [1.54, 1.807) is 4.68 Å². The molecule has 5 heteroatoms. The second-order valence-electron chi connectivity index (χ2n) is 4.10. The molecule has 0 spiro atoms. The van der Waals surface area contributed by atoms with Gasteiger partial charge in [-0.2, -0.15) is 10.1 Å². The number of aromatic nitrogens is 4. The number of benzene rings is 1. The molecule has 0 saturated carbocycles. The summed E-state index contributed by atoms with van der Waals surface area (Å²) in [6, 6.07) is 7.91. The number of anilines is 1. The standard InChI is InChI=1S/C13H13N5/c1-9-7-15-18(8-9)12-10-5-3-4-6-11(10)16-13(14-2)17-12/h3-8H,1-2H3,(H,14,16,17). The molecule has 3 aromatic rings. The van der Waals surface area contributed by atoms with Crippen LogP contribution in [0.3, 0.4) is 0 Å². The maximum Gasteiger partial charge on any atom is 0.225 e. The fourth-order valence-corrected chi connectivity index (χ4v) is 1.87. The molecule has 18 heavy (non-hydrogen) atoms. The van der Waals surface area contributed by atoms with E-state index < -0.39 is 0 Å². The van der Waals surface area contributed by atoms with Gasteiger partial charge in [0.25, 0.3) is 0 Å². The summed E-state index contributed by atoms with van der Waals surface area (Å²) in [5.74, 6) is 1.38. The number of nitrogens with zero attached hydrogens (tertiary/aromatic N) is 4. The lowest BCUT2D eigenvalue weighted by atomic mass is 10.2. The van der Waals surface area contributed by atoms with Crippen molar-refractivity contribution >= 4 is 16.9 Å². The number of para-hydroxylation sites is 1. The minimum atomic E-state index is 0.594. The molecule has 0 atom stereocenters. The third kappa shape index (κ3) is 1.69. The number of rotatable bonds is 2. The van der Waals surface area contributed by atoms with Gasteiger partial charge < -0.3 is 5.32 Å². The molecule has 2 aromatic heterocycles. The van der Waals surface area contributed by atoms with E-state index in [9.17, 15) is 0 Å². The Morgan fingerprint density at radius 3 is 2.72 bits per heavy atom. The van der Waals surface area contributed by atoms with Crippen LogP contribution in [0.25, 0.3) is 16.7 Å². The predicted octanol–water partition coefficient (Wildman–Crippen LogP) is 2.17. The van der Waals surface area contributed by atoms with Crippen LogP contribution in [0.2, 0.25) is 0 Å². The molecule has 5 nitrogen and oxygen atoms in total. The van der Waals surface area contributed by atoms with Crippen molar-refractivity contribution in [1.82, 2.24) is 19.7 Å². The van der Waals surface area contributed by atoms with Gasteiger partial charge in [-0.1, -0.05) is 12.1 Å². The van der Waals surface area contributed by atoms with Gasteiger partial charge in [0, 0.05) is 18.6 Å². The topological polar surface area (TPSA) is 55.6 Å². The Morgan fingerprint density at radius 2 is 2.00 bits per heavy atom. The van der Waals surface area contributed by atoms with Crippen molar-refractivity contribution in [3.05, 3.63) is 42.2 Å². The summed E-state index contributed by atoms with van der Waals surface area (Å²) in [4.78, 5) is 8.90. The molecule has 3 rings (SSSR count). The zero-order chi connectivity index (χ0) is 12.5. The molecule has 1 N–H and O–H groups in total. The molecule has 1 aromatic carbocycles. The molecule has 0 radical (unpaired) electrons. The largest absolute Gasteiger partial charge is 0.357 e. The number of hydrogen-bond donors (Lipinski definition) is 1. The summed E-state index contributed by atoms with van der Waals surface area (Å²) < 4.78 is 1.78. The van der Waals surface area contributed by atoms with Crippen LogP contribution in [-0.2, 0) is 0 Å². The van der Waals surface area contributed by atoms with E-state index in [2.05, 4.69) is 20.4 Å². The highest BCUT2D eigenvalue weighted by Gasteiger charge is 2.09. The van der Waals surface area contributed by atoms with Gasteiger partial charge in [-0.3, -0.25) is 0 Å². The lowest BCUT2D eigenvalue weighted by molar-refractivity contribution is 0.852. The smallest absolute Gasteiger partial charge is 0.225 e. The second kappa shape index (κ2) is 4.10. The molecule has 0 saturated heterocycles. The lowest BCUT2D eigenvalue weighted by Gasteiger charge is -2.07. The van der Waals surface area contributed by atoms with Crippen LogP contribution in [0.5, 0.6) is 0 Å². The highest BCUT2D eigenvalue weighted by atomic mass is 15.3. The molecule has 2 heterocycles. The molecule has 0 aliphatic carbocycles. The van der Waals surface area contributed by atoms with Crippen LogP contribution in [0.1, 0.15) is 5.56 Å². The molecule has 0 aliphatic heterocycles. The van der Waals surface area contributed by atoms with E-state index in [1.165, 1.54) is 0 Å². The van der Waals surface area contributed by atoms with Crippen molar-refractivity contribution in [3.8, 4) is 5.82 Å². The zero-order valence-corrected chi connectivity index (χ0v) is 10.3. The van der Waals surface area contributed by atoms with Crippen molar-refractivity contribution in [2.75, 3.05) is 12.4 Å². The van der Waals surface area contributed by atoms with Crippen LogP contribution in [0.4, 0.5) is 5.95 Å². The van der Waals surface area contributed by atoms with Crippen molar-refractivity contribution in [3.63, 3.8) is 0 Å². The highest BCUT2D eigenvalue weighted by Crippen LogP contribution is 2.20. The van der Waals surface area contributed by atoms with Crippen LogP contribution in [0.15, 0.2) is 36.7 Å². The SMILES string of the molecule is CNc1nc(-n2cc(C)cn2)c2ccccc2n1. The number of fused-ring (bicyclic) bond motifs is 1. The maximum atomic E-state index is 4.48. The summed E-state index contributed by atoms with van der Waals surface area (Å²) in [7, 11) is 1.81. The summed E-state index contributed by atoms with van der Waals surface area (Å²) in [6.45, 7) is 2.01. The summed E-state index contributed by atoms with van der Waals surface area (Å²) in [6.07, 6.45) is 3.77. The van der Waals surface area contributed by atoms with Crippen molar-refractivity contribution in [2.45, 2.75) is 6.92 Å². The molecular weight excluding hydrogens is 226 g/mol. The Balaban J connectivity index is 2.32. The zero-order valence-electron chi connectivity index (χ0n) is 10.3. The van der Waals surface area contributed by atoms with Gasteiger partial charge in [0.05, 0.1) is 11.7 Å². The monoisotopic (exact) mass is 239 g/mol. The Labute approximate surface area is 104 Å². The molecule has 0 fully saturated rings. The Kier molecular flexibility index (Phi) is 2.44. The van der Waals surface area contributed by atoms with Gasteiger partial charge in [-0.15, -0.1) is 0 Å². The van der Waals surface area contributed by atoms with Crippen LogP contribution >= 0.6 is 0 Å². The molecule has 0 amide bonds. The van der Waals surface area contributed by atoms with Gasteiger partial charge in [0.2, 0.25) is 5.95 Å². The minimum Gasteiger partial charge on any atom is -0.357 e. The first-order valence-electron chi connectivity index (χ1n) is 5.74. The average molecular weight is 239 g/mol. The third-order valence-electron chi connectivity index (χ3n) is 2.74.